The topological polar surface area (TPSA) is 44.0 Å². The maximum Gasteiger partial charge on any atom is 0.329 e. The van der Waals surface area contributed by atoms with Gasteiger partial charge in [-0.3, -0.25) is 9.13 Å². The van der Waals surface area contributed by atoms with Gasteiger partial charge in [0, 0.05) is 22.7 Å². The fraction of sp³-hybridized carbons (Fsp3) is 0.158. The molecule has 0 saturated heterocycles. The number of carbonyl (C=O) groups is 1. The van der Waals surface area contributed by atoms with Gasteiger partial charge >= 0.3 is 5.69 Å². The van der Waals surface area contributed by atoms with E-state index in [4.69, 9.17) is 11.6 Å². The van der Waals surface area contributed by atoms with E-state index < -0.39 is 0 Å². The second kappa shape index (κ2) is 6.50. The predicted octanol–water partition coefficient (Wildman–Crippen LogP) is 4.31. The number of hydrogen-bond acceptors (Lipinski definition) is 3. The van der Waals surface area contributed by atoms with Crippen LogP contribution in [0, 0.1) is 0 Å². The van der Waals surface area contributed by atoms with Gasteiger partial charge in [-0.05, 0) is 46.7 Å². The van der Waals surface area contributed by atoms with Crippen LogP contribution in [0.3, 0.4) is 0 Å². The van der Waals surface area contributed by atoms with E-state index >= 15 is 0 Å². The lowest BCUT2D eigenvalue weighted by Crippen LogP contribution is -2.25. The number of para-hydroxylation sites is 2. The average Bonchev–Trinajstić information content (AvgIpc) is 3.13. The summed E-state index contributed by atoms with van der Waals surface area (Å²) in [5, 5.41) is 3.84. The summed E-state index contributed by atoms with van der Waals surface area (Å²) in [5.74, 6) is 0. The zero-order valence-corrected chi connectivity index (χ0v) is 14.9. The molecule has 0 saturated carbocycles. The molecule has 25 heavy (non-hydrogen) atoms. The molecule has 0 N–H and O–H groups in total. The van der Waals surface area contributed by atoms with Gasteiger partial charge in [0.25, 0.3) is 0 Å². The first-order valence-corrected chi connectivity index (χ1v) is 9.22. The van der Waals surface area contributed by atoms with E-state index in [2.05, 4.69) is 5.38 Å². The van der Waals surface area contributed by atoms with E-state index in [9.17, 15) is 9.59 Å². The number of carbonyl (C=O) groups excluding carboxylic acids is 1. The summed E-state index contributed by atoms with van der Waals surface area (Å²) < 4.78 is 4.59. The number of hydrogen-bond donors (Lipinski definition) is 0. The molecule has 0 aliphatic heterocycles. The molecular weight excluding hydrogens is 356 g/mol. The minimum atomic E-state index is -0.0931. The Kier molecular flexibility index (Phi) is 4.19. The number of aromatic nitrogens is 2. The van der Waals surface area contributed by atoms with E-state index in [1.54, 1.807) is 20.5 Å². The fourth-order valence-electron chi connectivity index (χ4n) is 3.17. The predicted molar refractivity (Wildman–Crippen MR) is 103 cm³/mol. The second-order valence-electron chi connectivity index (χ2n) is 5.87. The Bertz CT molecular complexity index is 1140. The summed E-state index contributed by atoms with van der Waals surface area (Å²) in [6.07, 6.45) is 1.16. The lowest BCUT2D eigenvalue weighted by Gasteiger charge is -2.03. The third-order valence-corrected chi connectivity index (χ3v) is 5.59. The number of thiophene rings is 1. The molecule has 0 aliphatic carbocycles. The maximum absolute atomic E-state index is 12.9. The molecule has 2 aromatic carbocycles. The van der Waals surface area contributed by atoms with E-state index in [0.29, 0.717) is 24.5 Å². The van der Waals surface area contributed by atoms with Crippen molar-refractivity contribution in [2.45, 2.75) is 19.5 Å². The first-order chi connectivity index (χ1) is 12.2. The summed E-state index contributed by atoms with van der Waals surface area (Å²) in [7, 11) is 0. The van der Waals surface area contributed by atoms with Gasteiger partial charge in [0.1, 0.15) is 6.29 Å². The molecule has 0 bridgehead atoms. The molecule has 0 aliphatic rings. The number of benzene rings is 2. The number of fused-ring (bicyclic) bond motifs is 2. The average molecular weight is 371 g/mol. The molecule has 2 heterocycles. The number of rotatable bonds is 5. The van der Waals surface area contributed by atoms with Gasteiger partial charge in [-0.15, -0.1) is 11.3 Å². The lowest BCUT2D eigenvalue weighted by molar-refractivity contribution is -0.108. The van der Waals surface area contributed by atoms with Crippen LogP contribution in [0.15, 0.2) is 52.6 Å². The molecule has 6 heteroatoms. The third kappa shape index (κ3) is 2.79. The normalized spacial score (nSPS) is 11.4. The highest BCUT2D eigenvalue weighted by Gasteiger charge is 2.14. The third-order valence-electron chi connectivity index (χ3n) is 4.34. The zero-order chi connectivity index (χ0) is 17.4. The molecule has 2 aromatic heterocycles. The Labute approximate surface area is 152 Å². The standard InChI is InChI=1S/C19H15ClN2O2S/c20-14-6-7-18-15(10-14)13(12-25-18)11-22-17-5-2-1-4-16(17)21(19(22)24)8-3-9-23/h1-2,4-7,9-10,12H,3,8,11H2. The van der Waals surface area contributed by atoms with E-state index in [1.807, 2.05) is 42.5 Å². The Balaban J connectivity index is 1.86. The minimum absolute atomic E-state index is 0.0931. The summed E-state index contributed by atoms with van der Waals surface area (Å²) in [5.41, 5.74) is 2.71. The number of imidazole rings is 1. The molecule has 0 fully saturated rings. The smallest absolute Gasteiger partial charge is 0.303 e. The minimum Gasteiger partial charge on any atom is -0.303 e. The van der Waals surface area contributed by atoms with Crippen LogP contribution in [0.5, 0.6) is 0 Å². The number of nitrogens with zero attached hydrogens (tertiary/aromatic N) is 2. The molecule has 0 amide bonds. The first-order valence-electron chi connectivity index (χ1n) is 7.96. The van der Waals surface area contributed by atoms with Crippen LogP contribution in [0.25, 0.3) is 21.1 Å². The van der Waals surface area contributed by atoms with Crippen LogP contribution in [0.1, 0.15) is 12.0 Å². The van der Waals surface area contributed by atoms with Crippen molar-refractivity contribution in [1.29, 1.82) is 0 Å². The first kappa shape index (κ1) is 16.1. The van der Waals surface area contributed by atoms with Crippen LogP contribution in [-0.2, 0) is 17.9 Å². The van der Waals surface area contributed by atoms with Gasteiger partial charge < -0.3 is 4.79 Å². The summed E-state index contributed by atoms with van der Waals surface area (Å²) >= 11 is 7.78. The molecule has 4 aromatic rings. The SMILES string of the molecule is O=CCCn1c(=O)n(Cc2csc3ccc(Cl)cc23)c2ccccc21. The molecule has 0 atom stereocenters. The van der Waals surface area contributed by atoms with Gasteiger partial charge in [-0.1, -0.05) is 23.7 Å². The Hall–Kier alpha value is -2.37. The van der Waals surface area contributed by atoms with E-state index in [0.717, 1.165) is 33.0 Å². The molecule has 4 rings (SSSR count). The van der Waals surface area contributed by atoms with Crippen molar-refractivity contribution >= 4 is 50.3 Å². The van der Waals surface area contributed by atoms with Gasteiger partial charge in [0.05, 0.1) is 17.6 Å². The summed E-state index contributed by atoms with van der Waals surface area (Å²) in [4.78, 5) is 23.6. The molecule has 4 nitrogen and oxygen atoms in total. The van der Waals surface area contributed by atoms with Crippen molar-refractivity contribution in [2.24, 2.45) is 0 Å². The monoisotopic (exact) mass is 370 g/mol. The Morgan fingerprint density at radius 2 is 1.84 bits per heavy atom. The van der Waals surface area contributed by atoms with Gasteiger partial charge in [0.15, 0.2) is 0 Å². The highest BCUT2D eigenvalue weighted by Crippen LogP contribution is 2.29. The van der Waals surface area contributed by atoms with Crippen molar-refractivity contribution in [2.75, 3.05) is 0 Å². The van der Waals surface area contributed by atoms with Gasteiger partial charge in [-0.25, -0.2) is 4.79 Å². The molecular formula is C19H15ClN2O2S. The highest BCUT2D eigenvalue weighted by atomic mass is 35.5. The van der Waals surface area contributed by atoms with Crippen LogP contribution in [-0.4, -0.2) is 15.4 Å². The van der Waals surface area contributed by atoms with E-state index in [1.165, 1.54) is 0 Å². The van der Waals surface area contributed by atoms with Crippen LogP contribution >= 0.6 is 22.9 Å². The molecule has 0 unspecified atom stereocenters. The second-order valence-corrected chi connectivity index (χ2v) is 7.21. The molecule has 0 spiro atoms. The number of aldehydes is 1. The maximum atomic E-state index is 12.9. The summed E-state index contributed by atoms with van der Waals surface area (Å²) in [6.45, 7) is 0.875. The van der Waals surface area contributed by atoms with Crippen molar-refractivity contribution in [3.63, 3.8) is 0 Å². The molecule has 0 radical (unpaired) electrons. The number of halogens is 1. The highest BCUT2D eigenvalue weighted by molar-refractivity contribution is 7.17. The Morgan fingerprint density at radius 1 is 1.08 bits per heavy atom. The van der Waals surface area contributed by atoms with Crippen LogP contribution < -0.4 is 5.69 Å². The lowest BCUT2D eigenvalue weighted by atomic mass is 10.2. The van der Waals surface area contributed by atoms with Crippen molar-refractivity contribution in [3.05, 3.63) is 68.9 Å². The molecule has 126 valence electrons. The van der Waals surface area contributed by atoms with Gasteiger partial charge in [0.2, 0.25) is 0 Å². The number of aryl methyl sites for hydroxylation is 1. The van der Waals surface area contributed by atoms with Crippen molar-refractivity contribution in [3.8, 4) is 0 Å². The van der Waals surface area contributed by atoms with Crippen LogP contribution in [0.2, 0.25) is 5.02 Å². The quantitative estimate of drug-likeness (QED) is 0.491. The van der Waals surface area contributed by atoms with Crippen LogP contribution in [0.4, 0.5) is 0 Å². The summed E-state index contributed by atoms with van der Waals surface area (Å²) in [6, 6.07) is 13.5. The zero-order valence-electron chi connectivity index (χ0n) is 13.3. The fourth-order valence-corrected chi connectivity index (χ4v) is 4.28. The van der Waals surface area contributed by atoms with Crippen molar-refractivity contribution < 1.29 is 4.79 Å². The largest absolute Gasteiger partial charge is 0.329 e. The Morgan fingerprint density at radius 3 is 2.60 bits per heavy atom. The van der Waals surface area contributed by atoms with E-state index in [-0.39, 0.29) is 5.69 Å². The van der Waals surface area contributed by atoms with Gasteiger partial charge in [-0.2, -0.15) is 0 Å². The van der Waals surface area contributed by atoms with Crippen molar-refractivity contribution in [1.82, 2.24) is 9.13 Å².